The van der Waals surface area contributed by atoms with E-state index in [4.69, 9.17) is 14.7 Å². The summed E-state index contributed by atoms with van der Waals surface area (Å²) in [6.45, 7) is 4.31. The van der Waals surface area contributed by atoms with Gasteiger partial charge in [0.2, 0.25) is 5.91 Å². The van der Waals surface area contributed by atoms with E-state index in [0.717, 1.165) is 63.9 Å². The molecular weight excluding hydrogens is 450 g/mol. The number of carbonyl (C=O) groups is 1. The van der Waals surface area contributed by atoms with Gasteiger partial charge < -0.3 is 19.7 Å². The second-order valence-electron chi connectivity index (χ2n) is 10.5. The van der Waals surface area contributed by atoms with Gasteiger partial charge in [-0.05, 0) is 98.8 Å². The summed E-state index contributed by atoms with van der Waals surface area (Å²) in [7, 11) is 1.80. The first-order valence-corrected chi connectivity index (χ1v) is 13.4. The summed E-state index contributed by atoms with van der Waals surface area (Å²) < 4.78 is 11.6. The Hall–Kier alpha value is -2.88. The Bertz CT molecular complexity index is 1090. The van der Waals surface area contributed by atoms with Gasteiger partial charge in [-0.25, -0.2) is 0 Å². The molecular formula is C30H37N3O3. The maximum atomic E-state index is 13.8. The lowest BCUT2D eigenvalue weighted by Gasteiger charge is -2.50. The summed E-state index contributed by atoms with van der Waals surface area (Å²) in [6, 6.07) is 18.0. The maximum Gasteiger partial charge on any atom is 0.231 e. The number of nitrogens with zero attached hydrogens (tertiary/aromatic N) is 2. The molecule has 3 aliphatic rings. The monoisotopic (exact) mass is 487 g/mol. The highest BCUT2D eigenvalue weighted by Crippen LogP contribution is 2.52. The second-order valence-corrected chi connectivity index (χ2v) is 10.5. The zero-order valence-electron chi connectivity index (χ0n) is 21.2. The topological polar surface area (TPSA) is 74.6 Å². The minimum atomic E-state index is -0.451. The number of carbonyl (C=O) groups excluding carboxylic acids is 1. The van der Waals surface area contributed by atoms with Crippen LogP contribution in [0.5, 0.6) is 5.75 Å². The molecule has 1 saturated heterocycles. The van der Waals surface area contributed by atoms with E-state index in [1.54, 1.807) is 19.2 Å². The van der Waals surface area contributed by atoms with E-state index >= 15 is 0 Å². The van der Waals surface area contributed by atoms with E-state index in [-0.39, 0.29) is 12.0 Å². The first-order valence-electron chi connectivity index (χ1n) is 13.4. The summed E-state index contributed by atoms with van der Waals surface area (Å²) in [6.07, 6.45) is 6.33. The predicted octanol–water partition coefficient (Wildman–Crippen LogP) is 4.42. The molecule has 2 aromatic carbocycles. The molecule has 36 heavy (non-hydrogen) atoms. The largest absolute Gasteiger partial charge is 0.494 e. The third kappa shape index (κ3) is 4.75. The lowest BCUT2D eigenvalue weighted by Crippen LogP contribution is -2.59. The van der Waals surface area contributed by atoms with Crippen LogP contribution in [-0.2, 0) is 21.5 Å². The third-order valence-electron chi connectivity index (χ3n) is 8.74. The van der Waals surface area contributed by atoms with Gasteiger partial charge in [0, 0.05) is 20.2 Å². The van der Waals surface area contributed by atoms with Crippen molar-refractivity contribution in [2.45, 2.75) is 56.6 Å². The molecule has 1 aliphatic carbocycles. The summed E-state index contributed by atoms with van der Waals surface area (Å²) in [5, 5.41) is 12.2. The third-order valence-corrected chi connectivity index (χ3v) is 8.74. The summed E-state index contributed by atoms with van der Waals surface area (Å²) >= 11 is 0. The Kier molecular flexibility index (Phi) is 7.59. The molecule has 2 aliphatic heterocycles. The van der Waals surface area contributed by atoms with Gasteiger partial charge in [0.25, 0.3) is 0 Å². The Morgan fingerprint density at radius 1 is 1.06 bits per heavy atom. The normalized spacial score (nSPS) is 26.7. The van der Waals surface area contributed by atoms with Crippen LogP contribution in [0.25, 0.3) is 0 Å². The van der Waals surface area contributed by atoms with Crippen molar-refractivity contribution in [2.24, 2.45) is 11.8 Å². The van der Waals surface area contributed by atoms with E-state index in [1.807, 2.05) is 12.1 Å². The molecule has 6 nitrogen and oxygen atoms in total. The van der Waals surface area contributed by atoms with Crippen molar-refractivity contribution in [3.05, 3.63) is 65.2 Å². The van der Waals surface area contributed by atoms with Gasteiger partial charge in [-0.2, -0.15) is 5.26 Å². The summed E-state index contributed by atoms with van der Waals surface area (Å²) in [5.74, 6) is 1.70. The van der Waals surface area contributed by atoms with Crippen LogP contribution < -0.4 is 10.1 Å². The zero-order valence-corrected chi connectivity index (χ0v) is 21.2. The fraction of sp³-hybridized carbons (Fsp3) is 0.533. The Labute approximate surface area is 214 Å². The van der Waals surface area contributed by atoms with Crippen LogP contribution in [-0.4, -0.2) is 50.3 Å². The molecule has 3 unspecified atom stereocenters. The van der Waals surface area contributed by atoms with Gasteiger partial charge in [-0.3, -0.25) is 4.79 Å². The number of piperidine rings is 1. The lowest BCUT2D eigenvalue weighted by molar-refractivity contribution is -0.134. The number of likely N-dealkylation sites (tertiary alicyclic amines) is 1. The van der Waals surface area contributed by atoms with Crippen LogP contribution in [0.1, 0.15) is 55.2 Å². The highest BCUT2D eigenvalue weighted by Gasteiger charge is 2.56. The van der Waals surface area contributed by atoms with Crippen LogP contribution in [0.4, 0.5) is 0 Å². The van der Waals surface area contributed by atoms with Crippen LogP contribution in [0.15, 0.2) is 48.5 Å². The molecule has 190 valence electrons. The summed E-state index contributed by atoms with van der Waals surface area (Å²) in [5.41, 5.74) is 2.74. The van der Waals surface area contributed by atoms with Crippen molar-refractivity contribution < 1.29 is 14.3 Å². The van der Waals surface area contributed by atoms with E-state index < -0.39 is 5.41 Å². The first-order chi connectivity index (χ1) is 17.6. The highest BCUT2D eigenvalue weighted by atomic mass is 16.5. The van der Waals surface area contributed by atoms with Crippen molar-refractivity contribution in [3.63, 3.8) is 0 Å². The van der Waals surface area contributed by atoms with E-state index in [0.29, 0.717) is 30.6 Å². The predicted molar refractivity (Wildman–Crippen MR) is 139 cm³/mol. The first kappa shape index (κ1) is 24.8. The number of benzene rings is 2. The van der Waals surface area contributed by atoms with Gasteiger partial charge in [0.15, 0.2) is 0 Å². The number of rotatable bonds is 8. The molecule has 6 heteroatoms. The van der Waals surface area contributed by atoms with Gasteiger partial charge in [0.1, 0.15) is 5.75 Å². The van der Waals surface area contributed by atoms with E-state index in [1.165, 1.54) is 11.1 Å². The Morgan fingerprint density at radius 2 is 1.83 bits per heavy atom. The van der Waals surface area contributed by atoms with Crippen LogP contribution in [0, 0.1) is 23.2 Å². The highest BCUT2D eigenvalue weighted by molar-refractivity contribution is 5.91. The van der Waals surface area contributed by atoms with Gasteiger partial charge >= 0.3 is 0 Å². The number of nitriles is 1. The molecule has 2 aromatic rings. The van der Waals surface area contributed by atoms with Crippen molar-refractivity contribution in [1.29, 1.82) is 5.26 Å². The van der Waals surface area contributed by atoms with Crippen LogP contribution in [0.2, 0.25) is 0 Å². The average Bonchev–Trinajstić information content (AvgIpc) is 3.42. The Morgan fingerprint density at radius 3 is 2.56 bits per heavy atom. The molecule has 0 aromatic heterocycles. The minimum Gasteiger partial charge on any atom is -0.494 e. The fourth-order valence-electron chi connectivity index (χ4n) is 6.95. The van der Waals surface area contributed by atoms with Crippen LogP contribution in [0.3, 0.4) is 0 Å². The number of amides is 1. The molecule has 0 bridgehead atoms. The summed E-state index contributed by atoms with van der Waals surface area (Å²) in [4.78, 5) is 16.3. The molecule has 1 N–H and O–H groups in total. The number of nitrogens with one attached hydrogen (secondary N) is 1. The molecule has 0 radical (unpaired) electrons. The van der Waals surface area contributed by atoms with Crippen molar-refractivity contribution >= 4 is 5.91 Å². The lowest BCUT2D eigenvalue weighted by atomic mass is 9.56. The van der Waals surface area contributed by atoms with Gasteiger partial charge in [-0.15, -0.1) is 0 Å². The quantitative estimate of drug-likeness (QED) is 0.558. The number of methoxy groups -OCH3 is 1. The standard InChI is InChI=1S/C30H37N3O3/c1-35-27-12-9-25(19-27)30(28-6-3-2-5-23(28)21-32-29(30)34)24-13-16-33(17-14-24)15-4-18-36-26-10-7-22(20-31)8-11-26/h2-3,5-8,10-11,24-25,27H,4,9,12-19,21H2,1H3,(H,32,34). The molecule has 2 heterocycles. The van der Waals surface area contributed by atoms with Crippen molar-refractivity contribution in [1.82, 2.24) is 10.2 Å². The number of hydrogen-bond acceptors (Lipinski definition) is 5. The SMILES string of the molecule is COC1CCC(C2(C3CCN(CCCOc4ccc(C#N)cc4)CC3)C(=O)NCc3ccccc32)C1. The number of ether oxygens (including phenoxy) is 2. The second kappa shape index (κ2) is 11.0. The molecule has 1 amide bonds. The number of fused-ring (bicyclic) bond motifs is 1. The molecule has 1 saturated carbocycles. The smallest absolute Gasteiger partial charge is 0.231 e. The van der Waals surface area contributed by atoms with Crippen molar-refractivity contribution in [3.8, 4) is 11.8 Å². The van der Waals surface area contributed by atoms with Crippen LogP contribution >= 0.6 is 0 Å². The van der Waals surface area contributed by atoms with Crippen molar-refractivity contribution in [2.75, 3.05) is 33.4 Å². The fourth-order valence-corrected chi connectivity index (χ4v) is 6.95. The van der Waals surface area contributed by atoms with Gasteiger partial charge in [-0.1, -0.05) is 24.3 Å². The zero-order chi connectivity index (χ0) is 25.0. The van der Waals surface area contributed by atoms with E-state index in [2.05, 4.69) is 40.6 Å². The average molecular weight is 488 g/mol. The minimum absolute atomic E-state index is 0.234. The number of hydrogen-bond donors (Lipinski definition) is 1. The molecule has 0 spiro atoms. The maximum absolute atomic E-state index is 13.8. The molecule has 3 atom stereocenters. The van der Waals surface area contributed by atoms with E-state index in [9.17, 15) is 4.79 Å². The Balaban J connectivity index is 1.23. The van der Waals surface area contributed by atoms with Gasteiger partial charge in [0.05, 0.1) is 29.8 Å². The molecule has 2 fully saturated rings. The molecule has 5 rings (SSSR count).